The monoisotopic (exact) mass is 436 g/mol. The third-order valence-electron chi connectivity index (χ3n) is 4.85. The van der Waals surface area contributed by atoms with Crippen LogP contribution in [0.3, 0.4) is 0 Å². The molecule has 0 heterocycles. The van der Waals surface area contributed by atoms with Crippen molar-refractivity contribution in [1.29, 1.82) is 0 Å². The molecule has 0 fully saturated rings. The molecule has 2 aromatic carbocycles. The molecule has 0 saturated carbocycles. The molecular formula is C22H29ClN2O3S. The van der Waals surface area contributed by atoms with E-state index in [1.54, 1.807) is 42.5 Å². The van der Waals surface area contributed by atoms with Gasteiger partial charge in [0.15, 0.2) is 0 Å². The first-order valence-corrected chi connectivity index (χ1v) is 11.8. The molecule has 158 valence electrons. The number of halogens is 1. The predicted molar refractivity (Wildman–Crippen MR) is 119 cm³/mol. The van der Waals surface area contributed by atoms with Crippen LogP contribution in [0.25, 0.3) is 0 Å². The Hall–Kier alpha value is -2.05. The molecule has 0 spiro atoms. The fraction of sp³-hybridized carbons (Fsp3) is 0.409. The number of unbranched alkanes of at least 4 members (excludes halogenated alkanes) is 1. The van der Waals surface area contributed by atoms with Gasteiger partial charge in [0.2, 0.25) is 5.91 Å². The smallest absolute Gasteiger partial charge is 0.264 e. The third-order valence-corrected chi connectivity index (χ3v) is 6.87. The van der Waals surface area contributed by atoms with Crippen molar-refractivity contribution in [3.63, 3.8) is 0 Å². The van der Waals surface area contributed by atoms with Crippen LogP contribution >= 0.6 is 11.6 Å². The Kier molecular flexibility index (Phi) is 8.99. The summed E-state index contributed by atoms with van der Waals surface area (Å²) >= 11 is 6.07. The fourth-order valence-corrected chi connectivity index (χ4v) is 4.67. The average molecular weight is 437 g/mol. The molecule has 0 aliphatic heterocycles. The van der Waals surface area contributed by atoms with Crippen molar-refractivity contribution in [2.24, 2.45) is 5.92 Å². The summed E-state index contributed by atoms with van der Waals surface area (Å²) in [4.78, 5) is 12.8. The van der Waals surface area contributed by atoms with Gasteiger partial charge in [-0.15, -0.1) is 0 Å². The van der Waals surface area contributed by atoms with Crippen LogP contribution in [0, 0.1) is 5.92 Å². The Morgan fingerprint density at radius 2 is 1.83 bits per heavy atom. The SMILES string of the molecule is CCCC[C@@H](CC)CNC(=O)CN(c1cccc(Cl)c1)S(=O)(=O)c1ccccc1. The van der Waals surface area contributed by atoms with Crippen LogP contribution in [-0.4, -0.2) is 27.4 Å². The summed E-state index contributed by atoms with van der Waals surface area (Å²) in [5, 5.41) is 3.31. The highest BCUT2D eigenvalue weighted by atomic mass is 35.5. The van der Waals surface area contributed by atoms with Crippen molar-refractivity contribution < 1.29 is 13.2 Å². The minimum Gasteiger partial charge on any atom is -0.354 e. The molecule has 0 radical (unpaired) electrons. The quantitative estimate of drug-likeness (QED) is 0.546. The maximum atomic E-state index is 13.2. The first-order valence-electron chi connectivity index (χ1n) is 9.98. The van der Waals surface area contributed by atoms with Gasteiger partial charge in [-0.25, -0.2) is 8.42 Å². The summed E-state index contributed by atoms with van der Waals surface area (Å²) in [5.74, 6) is 0.0590. The lowest BCUT2D eigenvalue weighted by atomic mass is 9.99. The van der Waals surface area contributed by atoms with E-state index in [1.807, 2.05) is 0 Å². The van der Waals surface area contributed by atoms with Crippen LogP contribution in [-0.2, 0) is 14.8 Å². The molecule has 0 unspecified atom stereocenters. The fourth-order valence-electron chi connectivity index (χ4n) is 3.05. The molecule has 1 N–H and O–H groups in total. The van der Waals surface area contributed by atoms with Crippen LogP contribution in [0.2, 0.25) is 5.02 Å². The maximum Gasteiger partial charge on any atom is 0.264 e. The molecule has 0 aliphatic rings. The topological polar surface area (TPSA) is 66.5 Å². The van der Waals surface area contributed by atoms with Gasteiger partial charge in [-0.2, -0.15) is 0 Å². The molecule has 5 nitrogen and oxygen atoms in total. The predicted octanol–water partition coefficient (Wildman–Crippen LogP) is 4.87. The number of amides is 1. The number of sulfonamides is 1. The second-order valence-corrected chi connectivity index (χ2v) is 9.32. The van der Waals surface area contributed by atoms with Gasteiger partial charge < -0.3 is 5.32 Å². The van der Waals surface area contributed by atoms with E-state index in [0.29, 0.717) is 23.2 Å². The van der Waals surface area contributed by atoms with E-state index < -0.39 is 10.0 Å². The van der Waals surface area contributed by atoms with Gasteiger partial charge in [-0.05, 0) is 42.7 Å². The highest BCUT2D eigenvalue weighted by Gasteiger charge is 2.27. The van der Waals surface area contributed by atoms with Gasteiger partial charge in [-0.1, -0.05) is 69.0 Å². The van der Waals surface area contributed by atoms with Crippen LogP contribution in [0.1, 0.15) is 39.5 Å². The van der Waals surface area contributed by atoms with E-state index >= 15 is 0 Å². The van der Waals surface area contributed by atoms with Crippen LogP contribution in [0.15, 0.2) is 59.5 Å². The zero-order chi connectivity index (χ0) is 21.3. The first-order chi connectivity index (χ1) is 13.9. The highest BCUT2D eigenvalue weighted by Crippen LogP contribution is 2.26. The standard InChI is InChI=1S/C22H29ClN2O3S/c1-3-5-10-18(4-2)16-24-22(26)17-25(20-12-9-11-19(23)15-20)29(27,28)21-13-7-6-8-14-21/h6-9,11-15,18H,3-5,10,16-17H2,1-2H3,(H,24,26)/t18-/m1/s1. The Morgan fingerprint density at radius 1 is 1.10 bits per heavy atom. The van der Waals surface area contributed by atoms with Crippen molar-refractivity contribution in [1.82, 2.24) is 5.32 Å². The molecule has 0 saturated heterocycles. The lowest BCUT2D eigenvalue weighted by molar-refractivity contribution is -0.119. The van der Waals surface area contributed by atoms with Crippen molar-refractivity contribution in [3.8, 4) is 0 Å². The summed E-state index contributed by atoms with van der Waals surface area (Å²) in [6, 6.07) is 14.6. The average Bonchev–Trinajstić information content (AvgIpc) is 2.72. The van der Waals surface area contributed by atoms with Gasteiger partial charge in [0.1, 0.15) is 6.54 Å². The summed E-state index contributed by atoms with van der Waals surface area (Å²) in [5.41, 5.74) is 0.356. The Balaban J connectivity index is 2.21. The molecule has 2 aromatic rings. The lowest BCUT2D eigenvalue weighted by Crippen LogP contribution is -2.42. The number of carbonyl (C=O) groups excluding carboxylic acids is 1. The summed E-state index contributed by atoms with van der Waals surface area (Å²) < 4.78 is 27.5. The van der Waals surface area contributed by atoms with Crippen LogP contribution in [0.4, 0.5) is 5.69 Å². The molecule has 0 bridgehead atoms. The molecule has 0 aliphatic carbocycles. The van der Waals surface area contributed by atoms with Gasteiger partial charge >= 0.3 is 0 Å². The first kappa shape index (κ1) is 23.2. The Morgan fingerprint density at radius 3 is 2.45 bits per heavy atom. The van der Waals surface area contributed by atoms with Crippen molar-refractivity contribution in [2.75, 3.05) is 17.4 Å². The molecule has 1 amide bonds. The van der Waals surface area contributed by atoms with Crippen LogP contribution in [0.5, 0.6) is 0 Å². The number of rotatable bonds is 11. The van der Waals surface area contributed by atoms with Crippen molar-refractivity contribution in [3.05, 3.63) is 59.6 Å². The Bertz CT molecular complexity index is 888. The number of nitrogens with zero attached hydrogens (tertiary/aromatic N) is 1. The van der Waals surface area contributed by atoms with Crippen molar-refractivity contribution >= 4 is 33.2 Å². The van der Waals surface area contributed by atoms with Gasteiger partial charge in [0.25, 0.3) is 10.0 Å². The zero-order valence-corrected chi connectivity index (χ0v) is 18.5. The molecule has 7 heteroatoms. The van der Waals surface area contributed by atoms with Gasteiger partial charge in [0, 0.05) is 11.6 Å². The molecule has 0 aromatic heterocycles. The van der Waals surface area contributed by atoms with E-state index in [1.165, 1.54) is 12.1 Å². The zero-order valence-electron chi connectivity index (χ0n) is 17.0. The normalized spacial score (nSPS) is 12.4. The molecule has 29 heavy (non-hydrogen) atoms. The van der Waals surface area contributed by atoms with Gasteiger partial charge in [-0.3, -0.25) is 9.10 Å². The number of hydrogen-bond acceptors (Lipinski definition) is 3. The van der Waals surface area contributed by atoms with E-state index in [4.69, 9.17) is 11.6 Å². The van der Waals surface area contributed by atoms with E-state index in [2.05, 4.69) is 19.2 Å². The number of nitrogens with one attached hydrogen (secondary N) is 1. The van der Waals surface area contributed by atoms with E-state index in [0.717, 1.165) is 30.0 Å². The van der Waals surface area contributed by atoms with E-state index in [-0.39, 0.29) is 17.3 Å². The minimum atomic E-state index is -3.91. The second-order valence-electron chi connectivity index (χ2n) is 7.03. The largest absolute Gasteiger partial charge is 0.354 e. The number of carbonyl (C=O) groups is 1. The summed E-state index contributed by atoms with van der Waals surface area (Å²) in [6.45, 7) is 4.49. The highest BCUT2D eigenvalue weighted by molar-refractivity contribution is 7.92. The van der Waals surface area contributed by atoms with Crippen molar-refractivity contribution in [2.45, 2.75) is 44.4 Å². The minimum absolute atomic E-state index is 0.127. The summed E-state index contributed by atoms with van der Waals surface area (Å²) in [7, 11) is -3.91. The van der Waals surface area contributed by atoms with Gasteiger partial charge in [0.05, 0.1) is 10.6 Å². The second kappa shape index (κ2) is 11.2. The van der Waals surface area contributed by atoms with E-state index in [9.17, 15) is 13.2 Å². The molecular weight excluding hydrogens is 408 g/mol. The third kappa shape index (κ3) is 6.75. The number of benzene rings is 2. The van der Waals surface area contributed by atoms with Crippen LogP contribution < -0.4 is 9.62 Å². The summed E-state index contributed by atoms with van der Waals surface area (Å²) in [6.07, 6.45) is 4.25. The maximum absolute atomic E-state index is 13.2. The molecule has 2 rings (SSSR count). The Labute approximate surface area is 179 Å². The lowest BCUT2D eigenvalue weighted by Gasteiger charge is -2.25. The number of hydrogen-bond donors (Lipinski definition) is 1. The molecule has 1 atom stereocenters. The number of anilines is 1.